The lowest BCUT2D eigenvalue weighted by atomic mass is 10.1. The van der Waals surface area contributed by atoms with Crippen molar-refractivity contribution in [2.45, 2.75) is 11.8 Å². The molecule has 0 unspecified atom stereocenters. The van der Waals surface area contributed by atoms with E-state index in [2.05, 4.69) is 9.97 Å². The smallest absolute Gasteiger partial charge is 0.243 e. The van der Waals surface area contributed by atoms with Gasteiger partial charge in [-0.15, -0.1) is 0 Å². The van der Waals surface area contributed by atoms with Gasteiger partial charge in [0.25, 0.3) is 0 Å². The molecule has 27 heavy (non-hydrogen) atoms. The van der Waals surface area contributed by atoms with Gasteiger partial charge >= 0.3 is 0 Å². The Balaban J connectivity index is 1.54. The Hall–Kier alpha value is -2.22. The third-order valence-corrected chi connectivity index (χ3v) is 6.80. The van der Waals surface area contributed by atoms with Crippen molar-refractivity contribution in [1.82, 2.24) is 14.3 Å². The molecule has 1 aromatic heterocycles. The zero-order valence-corrected chi connectivity index (χ0v) is 16.4. The van der Waals surface area contributed by atoms with Crippen LogP contribution in [-0.2, 0) is 10.0 Å². The molecule has 0 radical (unpaired) electrons. The van der Waals surface area contributed by atoms with E-state index >= 15 is 0 Å². The molecule has 1 saturated heterocycles. The summed E-state index contributed by atoms with van der Waals surface area (Å²) >= 11 is 6.01. The molecule has 4 rings (SSSR count). The second kappa shape index (κ2) is 7.07. The van der Waals surface area contributed by atoms with E-state index in [0.29, 0.717) is 42.1 Å². The van der Waals surface area contributed by atoms with Crippen LogP contribution < -0.4 is 4.90 Å². The van der Waals surface area contributed by atoms with Gasteiger partial charge in [0.2, 0.25) is 10.0 Å². The molecule has 2 aromatic carbocycles. The fraction of sp³-hybridized carbons (Fsp3) is 0.263. The Labute approximate surface area is 163 Å². The second-order valence-electron chi connectivity index (χ2n) is 6.50. The molecule has 0 spiro atoms. The minimum Gasteiger partial charge on any atom is -0.354 e. The number of halogens is 1. The van der Waals surface area contributed by atoms with Crippen LogP contribution in [0.25, 0.3) is 10.8 Å². The summed E-state index contributed by atoms with van der Waals surface area (Å²) in [6, 6.07) is 14.7. The minimum atomic E-state index is -3.53. The summed E-state index contributed by atoms with van der Waals surface area (Å²) < 4.78 is 27.6. The van der Waals surface area contributed by atoms with E-state index in [1.54, 1.807) is 25.1 Å². The van der Waals surface area contributed by atoms with E-state index in [9.17, 15) is 8.42 Å². The number of hydrogen-bond acceptors (Lipinski definition) is 5. The zero-order valence-electron chi connectivity index (χ0n) is 14.8. The number of nitrogens with zero attached hydrogens (tertiary/aromatic N) is 4. The average Bonchev–Trinajstić information content (AvgIpc) is 2.67. The molecule has 8 heteroatoms. The molecule has 0 atom stereocenters. The number of aryl methyl sites for hydroxylation is 1. The van der Waals surface area contributed by atoms with Gasteiger partial charge in [-0.25, -0.2) is 18.4 Å². The normalized spacial score (nSPS) is 16.0. The zero-order chi connectivity index (χ0) is 19.0. The third kappa shape index (κ3) is 3.63. The fourth-order valence-corrected chi connectivity index (χ4v) is 4.99. The van der Waals surface area contributed by atoms with Crippen LogP contribution >= 0.6 is 11.6 Å². The van der Waals surface area contributed by atoms with Gasteiger partial charge in [-0.3, -0.25) is 0 Å². The molecule has 0 saturated carbocycles. The van der Waals surface area contributed by atoms with Gasteiger partial charge in [-0.05, 0) is 29.8 Å². The lowest BCUT2D eigenvalue weighted by Crippen LogP contribution is -2.49. The molecular weight excluding hydrogens is 384 g/mol. The Morgan fingerprint density at radius 1 is 0.926 bits per heavy atom. The van der Waals surface area contributed by atoms with Crippen molar-refractivity contribution in [3.05, 3.63) is 59.5 Å². The van der Waals surface area contributed by atoms with E-state index in [1.807, 2.05) is 35.2 Å². The van der Waals surface area contributed by atoms with Crippen molar-refractivity contribution < 1.29 is 8.42 Å². The number of hydrogen-bond donors (Lipinski definition) is 0. The van der Waals surface area contributed by atoms with Crippen LogP contribution in [0.2, 0.25) is 5.15 Å². The number of fused-ring (bicyclic) bond motifs is 1. The number of aromatic nitrogens is 2. The molecule has 0 aliphatic carbocycles. The highest BCUT2D eigenvalue weighted by molar-refractivity contribution is 7.89. The largest absolute Gasteiger partial charge is 0.354 e. The van der Waals surface area contributed by atoms with Crippen molar-refractivity contribution in [3.8, 4) is 0 Å². The van der Waals surface area contributed by atoms with E-state index in [1.165, 1.54) is 4.31 Å². The van der Waals surface area contributed by atoms with Crippen molar-refractivity contribution in [1.29, 1.82) is 0 Å². The predicted molar refractivity (Wildman–Crippen MR) is 107 cm³/mol. The molecular formula is C19H19ClN4O2S. The predicted octanol–water partition coefficient (Wildman–Crippen LogP) is 3.10. The van der Waals surface area contributed by atoms with E-state index < -0.39 is 10.0 Å². The van der Waals surface area contributed by atoms with Gasteiger partial charge in [0.05, 0.1) is 4.90 Å². The molecule has 140 valence electrons. The quantitative estimate of drug-likeness (QED) is 0.630. The van der Waals surface area contributed by atoms with Crippen molar-refractivity contribution in [2.24, 2.45) is 0 Å². The first-order valence-electron chi connectivity index (χ1n) is 8.68. The topological polar surface area (TPSA) is 66.4 Å². The number of benzene rings is 2. The van der Waals surface area contributed by atoms with Crippen molar-refractivity contribution in [3.63, 3.8) is 0 Å². The van der Waals surface area contributed by atoms with Crippen LogP contribution in [0.15, 0.2) is 53.4 Å². The summed E-state index contributed by atoms with van der Waals surface area (Å²) in [5.41, 5.74) is 0. The van der Waals surface area contributed by atoms with E-state index in [-0.39, 0.29) is 0 Å². The fourth-order valence-electron chi connectivity index (χ4n) is 3.31. The van der Waals surface area contributed by atoms with Crippen molar-refractivity contribution >= 4 is 38.2 Å². The van der Waals surface area contributed by atoms with Gasteiger partial charge in [0, 0.05) is 32.2 Å². The molecule has 0 N–H and O–H groups in total. The molecule has 1 fully saturated rings. The first kappa shape index (κ1) is 18.2. The maximum absolute atomic E-state index is 13.0. The summed E-state index contributed by atoms with van der Waals surface area (Å²) in [6.07, 6.45) is 0. The van der Waals surface area contributed by atoms with E-state index in [4.69, 9.17) is 11.6 Å². The summed E-state index contributed by atoms with van der Waals surface area (Å²) in [4.78, 5) is 10.8. The highest BCUT2D eigenvalue weighted by Gasteiger charge is 2.29. The maximum Gasteiger partial charge on any atom is 0.243 e. The monoisotopic (exact) mass is 402 g/mol. The highest BCUT2D eigenvalue weighted by Crippen LogP contribution is 2.24. The summed E-state index contributed by atoms with van der Waals surface area (Å²) in [7, 11) is -3.53. The average molecular weight is 403 g/mol. The number of anilines is 1. The van der Waals surface area contributed by atoms with Gasteiger partial charge in [-0.1, -0.05) is 41.9 Å². The van der Waals surface area contributed by atoms with Crippen LogP contribution in [0.3, 0.4) is 0 Å². The Bertz CT molecular complexity index is 1080. The maximum atomic E-state index is 13.0. The lowest BCUT2D eigenvalue weighted by Gasteiger charge is -2.34. The Morgan fingerprint density at radius 3 is 2.33 bits per heavy atom. The first-order valence-corrected chi connectivity index (χ1v) is 10.5. The third-order valence-electron chi connectivity index (χ3n) is 4.71. The Kier molecular flexibility index (Phi) is 4.75. The molecule has 3 aromatic rings. The number of rotatable bonds is 3. The SMILES string of the molecule is Cc1nc(Cl)cc(N2CCN(S(=O)(=O)c3ccc4ccccc4c3)CC2)n1. The molecule has 1 aliphatic rings. The van der Waals surface area contributed by atoms with Gasteiger partial charge < -0.3 is 4.90 Å². The van der Waals surface area contributed by atoms with Crippen LogP contribution in [0, 0.1) is 6.92 Å². The molecule has 1 aliphatic heterocycles. The number of piperazine rings is 1. The van der Waals surface area contributed by atoms with Gasteiger partial charge in [0.15, 0.2) is 0 Å². The molecule has 0 bridgehead atoms. The van der Waals surface area contributed by atoms with Gasteiger partial charge in [-0.2, -0.15) is 4.31 Å². The number of sulfonamides is 1. The first-order chi connectivity index (χ1) is 12.9. The van der Waals surface area contributed by atoms with Crippen LogP contribution in [0.4, 0.5) is 5.82 Å². The van der Waals surface area contributed by atoms with E-state index in [0.717, 1.165) is 16.6 Å². The highest BCUT2D eigenvalue weighted by atomic mass is 35.5. The standard InChI is InChI=1S/C19H19ClN4O2S/c1-14-21-18(20)13-19(22-14)23-8-10-24(11-9-23)27(25,26)17-7-6-15-4-2-3-5-16(15)12-17/h2-7,12-13H,8-11H2,1H3. The Morgan fingerprint density at radius 2 is 1.63 bits per heavy atom. The molecule has 0 amide bonds. The second-order valence-corrected chi connectivity index (χ2v) is 8.82. The van der Waals surface area contributed by atoms with Crippen LogP contribution in [-0.4, -0.2) is 48.9 Å². The summed E-state index contributed by atoms with van der Waals surface area (Å²) in [5, 5.41) is 2.34. The molecule has 2 heterocycles. The summed E-state index contributed by atoms with van der Waals surface area (Å²) in [5.74, 6) is 1.33. The lowest BCUT2D eigenvalue weighted by molar-refractivity contribution is 0.383. The molecule has 6 nitrogen and oxygen atoms in total. The summed E-state index contributed by atoms with van der Waals surface area (Å²) in [6.45, 7) is 3.70. The van der Waals surface area contributed by atoms with Crippen molar-refractivity contribution in [2.75, 3.05) is 31.1 Å². The van der Waals surface area contributed by atoms with Gasteiger partial charge in [0.1, 0.15) is 16.8 Å². The minimum absolute atomic E-state index is 0.329. The van der Waals surface area contributed by atoms with Crippen LogP contribution in [0.1, 0.15) is 5.82 Å². The van der Waals surface area contributed by atoms with Crippen LogP contribution in [0.5, 0.6) is 0 Å².